The predicted molar refractivity (Wildman–Crippen MR) is 73.8 cm³/mol. The molecule has 0 spiro atoms. The molecule has 1 aromatic rings. The molecular formula is C14H23ClN2O. The fraction of sp³-hybridized carbons (Fsp3) is 0.786. The number of aliphatic hydroxyl groups excluding tert-OH is 1. The lowest BCUT2D eigenvalue weighted by molar-refractivity contribution is 0.174. The SMILES string of the molecule is CCc1nn(C)c(CC(CO)C2CCCC2)c1Cl. The van der Waals surface area contributed by atoms with Gasteiger partial charge >= 0.3 is 0 Å². The van der Waals surface area contributed by atoms with Gasteiger partial charge < -0.3 is 5.11 Å². The zero-order chi connectivity index (χ0) is 13.1. The van der Waals surface area contributed by atoms with Crippen molar-refractivity contribution in [3.63, 3.8) is 0 Å². The number of aryl methyl sites for hydroxylation is 2. The summed E-state index contributed by atoms with van der Waals surface area (Å²) in [4.78, 5) is 0. The van der Waals surface area contributed by atoms with Crippen LogP contribution in [0.5, 0.6) is 0 Å². The summed E-state index contributed by atoms with van der Waals surface area (Å²) in [5.74, 6) is 0.996. The van der Waals surface area contributed by atoms with E-state index in [4.69, 9.17) is 11.6 Å². The highest BCUT2D eigenvalue weighted by molar-refractivity contribution is 6.31. The fourth-order valence-corrected chi connectivity index (χ4v) is 3.47. The van der Waals surface area contributed by atoms with E-state index in [9.17, 15) is 5.11 Å². The van der Waals surface area contributed by atoms with Gasteiger partial charge in [-0.05, 0) is 24.7 Å². The van der Waals surface area contributed by atoms with Crippen LogP contribution >= 0.6 is 11.6 Å². The lowest BCUT2D eigenvalue weighted by Crippen LogP contribution is -2.20. The monoisotopic (exact) mass is 270 g/mol. The van der Waals surface area contributed by atoms with Crippen LogP contribution in [0.3, 0.4) is 0 Å². The van der Waals surface area contributed by atoms with Gasteiger partial charge in [-0.2, -0.15) is 5.10 Å². The van der Waals surface area contributed by atoms with Crippen molar-refractivity contribution in [2.75, 3.05) is 6.61 Å². The third-order valence-corrected chi connectivity index (χ3v) is 4.70. The van der Waals surface area contributed by atoms with Gasteiger partial charge in [0.25, 0.3) is 0 Å². The van der Waals surface area contributed by atoms with Crippen molar-refractivity contribution in [3.05, 3.63) is 16.4 Å². The van der Waals surface area contributed by atoms with E-state index in [0.717, 1.165) is 29.3 Å². The van der Waals surface area contributed by atoms with Crippen LogP contribution in [0.4, 0.5) is 0 Å². The summed E-state index contributed by atoms with van der Waals surface area (Å²) in [5.41, 5.74) is 2.05. The average Bonchev–Trinajstić information content (AvgIpc) is 2.97. The van der Waals surface area contributed by atoms with Gasteiger partial charge in [0, 0.05) is 13.7 Å². The van der Waals surface area contributed by atoms with Crippen LogP contribution in [-0.4, -0.2) is 21.5 Å². The standard InChI is InChI=1S/C14H23ClN2O/c1-3-12-14(15)13(17(2)16-12)8-11(9-18)10-6-4-5-7-10/h10-11,18H,3-9H2,1-2H3. The van der Waals surface area contributed by atoms with Crippen molar-refractivity contribution in [2.24, 2.45) is 18.9 Å². The molecule has 1 saturated carbocycles. The van der Waals surface area contributed by atoms with E-state index in [2.05, 4.69) is 12.0 Å². The van der Waals surface area contributed by atoms with Crippen LogP contribution in [0.15, 0.2) is 0 Å². The topological polar surface area (TPSA) is 38.0 Å². The van der Waals surface area contributed by atoms with Crippen LogP contribution < -0.4 is 0 Å². The second kappa shape index (κ2) is 6.07. The molecule has 1 aliphatic rings. The molecule has 18 heavy (non-hydrogen) atoms. The van der Waals surface area contributed by atoms with Gasteiger partial charge in [0.15, 0.2) is 0 Å². The Bertz CT molecular complexity index is 397. The Kier molecular flexibility index (Phi) is 4.68. The van der Waals surface area contributed by atoms with Crippen LogP contribution in [0.25, 0.3) is 0 Å². The number of hydrogen-bond acceptors (Lipinski definition) is 2. The summed E-state index contributed by atoms with van der Waals surface area (Å²) >= 11 is 6.37. The maximum absolute atomic E-state index is 9.62. The fourth-order valence-electron chi connectivity index (χ4n) is 3.10. The molecule has 2 rings (SSSR count). The first-order chi connectivity index (χ1) is 8.67. The van der Waals surface area contributed by atoms with E-state index in [1.807, 2.05) is 11.7 Å². The highest BCUT2D eigenvalue weighted by Gasteiger charge is 2.27. The van der Waals surface area contributed by atoms with Gasteiger partial charge in [0.05, 0.1) is 16.4 Å². The molecule has 1 unspecified atom stereocenters. The van der Waals surface area contributed by atoms with E-state index >= 15 is 0 Å². The molecule has 1 N–H and O–H groups in total. The zero-order valence-electron chi connectivity index (χ0n) is 11.3. The summed E-state index contributed by atoms with van der Waals surface area (Å²) in [5, 5.41) is 14.9. The Morgan fingerprint density at radius 3 is 2.61 bits per heavy atom. The van der Waals surface area contributed by atoms with Crippen LogP contribution in [0.1, 0.15) is 44.0 Å². The Morgan fingerprint density at radius 1 is 1.44 bits per heavy atom. The Morgan fingerprint density at radius 2 is 2.11 bits per heavy atom. The predicted octanol–water partition coefficient (Wildman–Crippen LogP) is 2.98. The lowest BCUT2D eigenvalue weighted by Gasteiger charge is -2.21. The van der Waals surface area contributed by atoms with Gasteiger partial charge in [-0.1, -0.05) is 44.2 Å². The van der Waals surface area contributed by atoms with E-state index in [1.54, 1.807) is 0 Å². The molecule has 1 heterocycles. The minimum Gasteiger partial charge on any atom is -0.396 e. The number of rotatable bonds is 5. The van der Waals surface area contributed by atoms with Crippen molar-refractivity contribution in [1.29, 1.82) is 0 Å². The van der Waals surface area contributed by atoms with E-state index < -0.39 is 0 Å². The minimum atomic E-state index is 0.258. The summed E-state index contributed by atoms with van der Waals surface area (Å²) in [6.07, 6.45) is 6.83. The van der Waals surface area contributed by atoms with Crippen molar-refractivity contribution < 1.29 is 5.11 Å². The molecule has 0 bridgehead atoms. The minimum absolute atomic E-state index is 0.258. The lowest BCUT2D eigenvalue weighted by atomic mass is 9.87. The molecule has 102 valence electrons. The molecule has 3 nitrogen and oxygen atoms in total. The average molecular weight is 271 g/mol. The molecule has 0 radical (unpaired) electrons. The van der Waals surface area contributed by atoms with Crippen LogP contribution in [0, 0.1) is 11.8 Å². The second-order valence-electron chi connectivity index (χ2n) is 5.38. The van der Waals surface area contributed by atoms with Crippen molar-refractivity contribution >= 4 is 11.6 Å². The quantitative estimate of drug-likeness (QED) is 0.893. The molecule has 0 amide bonds. The molecule has 0 saturated heterocycles. The van der Waals surface area contributed by atoms with Gasteiger partial charge in [0.2, 0.25) is 0 Å². The number of nitrogens with zero attached hydrogens (tertiary/aromatic N) is 2. The molecule has 1 fully saturated rings. The highest BCUT2D eigenvalue weighted by Crippen LogP contribution is 2.34. The largest absolute Gasteiger partial charge is 0.396 e. The van der Waals surface area contributed by atoms with E-state index in [0.29, 0.717) is 11.8 Å². The third kappa shape index (κ3) is 2.72. The number of aromatic nitrogens is 2. The van der Waals surface area contributed by atoms with Gasteiger partial charge in [-0.25, -0.2) is 0 Å². The second-order valence-corrected chi connectivity index (χ2v) is 5.75. The first-order valence-electron chi connectivity index (χ1n) is 6.98. The smallest absolute Gasteiger partial charge is 0.0849 e. The third-order valence-electron chi connectivity index (χ3n) is 4.26. The maximum atomic E-state index is 9.62. The first kappa shape index (κ1) is 13.9. The maximum Gasteiger partial charge on any atom is 0.0849 e. The Labute approximate surface area is 114 Å². The Balaban J connectivity index is 2.13. The van der Waals surface area contributed by atoms with E-state index in [1.165, 1.54) is 25.7 Å². The van der Waals surface area contributed by atoms with E-state index in [-0.39, 0.29) is 6.61 Å². The van der Waals surface area contributed by atoms with Crippen molar-refractivity contribution in [2.45, 2.75) is 45.4 Å². The van der Waals surface area contributed by atoms with Gasteiger partial charge in [0.1, 0.15) is 0 Å². The normalized spacial score (nSPS) is 18.4. The summed E-state index contributed by atoms with van der Waals surface area (Å²) in [6.45, 7) is 2.33. The van der Waals surface area contributed by atoms with Gasteiger partial charge in [-0.15, -0.1) is 0 Å². The Hall–Kier alpha value is -0.540. The van der Waals surface area contributed by atoms with Gasteiger partial charge in [-0.3, -0.25) is 4.68 Å². The van der Waals surface area contributed by atoms with Crippen LogP contribution in [0.2, 0.25) is 5.02 Å². The van der Waals surface area contributed by atoms with Crippen molar-refractivity contribution in [3.8, 4) is 0 Å². The van der Waals surface area contributed by atoms with Crippen molar-refractivity contribution in [1.82, 2.24) is 9.78 Å². The molecule has 1 aromatic heterocycles. The number of aliphatic hydroxyl groups is 1. The number of halogens is 1. The van der Waals surface area contributed by atoms with Crippen LogP contribution in [-0.2, 0) is 19.9 Å². The molecule has 0 aromatic carbocycles. The molecular weight excluding hydrogens is 248 g/mol. The molecule has 1 atom stereocenters. The molecule has 0 aliphatic heterocycles. The number of hydrogen-bond donors (Lipinski definition) is 1. The highest BCUT2D eigenvalue weighted by atomic mass is 35.5. The summed E-state index contributed by atoms with van der Waals surface area (Å²) in [7, 11) is 1.95. The molecule has 4 heteroatoms. The zero-order valence-corrected chi connectivity index (χ0v) is 12.1. The summed E-state index contributed by atoms with van der Waals surface area (Å²) < 4.78 is 1.89. The molecule has 1 aliphatic carbocycles. The first-order valence-corrected chi connectivity index (χ1v) is 7.36. The summed E-state index contributed by atoms with van der Waals surface area (Å²) in [6, 6.07) is 0.